The molecule has 14 heavy (non-hydrogen) atoms. The molecule has 5 nitrogen and oxygen atoms in total. The summed E-state index contributed by atoms with van der Waals surface area (Å²) in [6, 6.07) is 0. The zero-order valence-electron chi connectivity index (χ0n) is 8.49. The Hall–Kier alpha value is -1.36. The molecule has 0 aliphatic rings. The number of aliphatic carboxylic acids is 1. The molecule has 80 valence electrons. The molecule has 0 aromatic rings. The van der Waals surface area contributed by atoms with Gasteiger partial charge in [0.05, 0.1) is 0 Å². The molecule has 0 bridgehead atoms. The van der Waals surface area contributed by atoms with Crippen molar-refractivity contribution in [3.8, 4) is 0 Å². The molecule has 0 aromatic carbocycles. The Morgan fingerprint density at radius 3 is 2.57 bits per heavy atom. The molecule has 0 heterocycles. The van der Waals surface area contributed by atoms with E-state index in [1.807, 2.05) is 7.05 Å². The molecule has 0 unspecified atom stereocenters. The Balaban J connectivity index is 3.81. The number of carboxylic acid groups (broad SMARTS) is 1. The fourth-order valence-electron chi connectivity index (χ4n) is 0.873. The van der Waals surface area contributed by atoms with Gasteiger partial charge in [-0.2, -0.15) is 0 Å². The largest absolute Gasteiger partial charge is 0.478 e. The Labute approximate surface area is 83.4 Å². The van der Waals surface area contributed by atoms with Crippen LogP contribution in [-0.4, -0.2) is 49.1 Å². The van der Waals surface area contributed by atoms with Gasteiger partial charge in [0.1, 0.15) is 0 Å². The molecule has 1 amide bonds. The summed E-state index contributed by atoms with van der Waals surface area (Å²) < 4.78 is 0. The van der Waals surface area contributed by atoms with Crippen molar-refractivity contribution in [1.82, 2.24) is 10.2 Å². The highest BCUT2D eigenvalue weighted by Gasteiger charge is 2.03. The molecule has 0 aromatic heterocycles. The summed E-state index contributed by atoms with van der Waals surface area (Å²) in [5, 5.41) is 11.3. The Morgan fingerprint density at radius 1 is 1.43 bits per heavy atom. The lowest BCUT2D eigenvalue weighted by Crippen LogP contribution is -2.27. The van der Waals surface area contributed by atoms with Gasteiger partial charge in [-0.1, -0.05) is 0 Å². The first-order valence-electron chi connectivity index (χ1n) is 4.38. The molecule has 0 rings (SSSR count). The third-order valence-corrected chi connectivity index (χ3v) is 1.67. The second-order valence-electron chi connectivity index (χ2n) is 2.89. The number of amides is 1. The number of carbonyl (C=O) groups is 2. The Kier molecular flexibility index (Phi) is 6.39. The van der Waals surface area contributed by atoms with Gasteiger partial charge in [0.15, 0.2) is 0 Å². The number of nitrogens with one attached hydrogen (secondary N) is 1. The molecule has 0 radical (unpaired) electrons. The van der Waals surface area contributed by atoms with Gasteiger partial charge < -0.3 is 15.3 Å². The van der Waals surface area contributed by atoms with E-state index < -0.39 is 5.97 Å². The zero-order valence-corrected chi connectivity index (χ0v) is 8.49. The standard InChI is InChI=1S/C9H16N2O3/c1-10-6-3-7-11(2)8(12)4-5-9(13)14/h4-5,10H,3,6-7H2,1-2H3,(H,13,14)/b5-4+. The quantitative estimate of drug-likeness (QED) is 0.456. The number of nitrogens with zero attached hydrogens (tertiary/aromatic N) is 1. The summed E-state index contributed by atoms with van der Waals surface area (Å²) >= 11 is 0. The minimum absolute atomic E-state index is 0.288. The van der Waals surface area contributed by atoms with Gasteiger partial charge in [-0.25, -0.2) is 4.79 Å². The van der Waals surface area contributed by atoms with Crippen LogP contribution in [0.2, 0.25) is 0 Å². The Morgan fingerprint density at radius 2 is 2.07 bits per heavy atom. The van der Waals surface area contributed by atoms with E-state index in [4.69, 9.17) is 5.11 Å². The van der Waals surface area contributed by atoms with E-state index in [0.717, 1.165) is 25.1 Å². The zero-order chi connectivity index (χ0) is 11.0. The van der Waals surface area contributed by atoms with Crippen LogP contribution in [0.1, 0.15) is 6.42 Å². The number of rotatable bonds is 6. The van der Waals surface area contributed by atoms with E-state index in [9.17, 15) is 9.59 Å². The summed E-state index contributed by atoms with van der Waals surface area (Å²) in [7, 11) is 3.48. The van der Waals surface area contributed by atoms with Crippen LogP contribution in [-0.2, 0) is 9.59 Å². The highest BCUT2D eigenvalue weighted by molar-refractivity contribution is 5.93. The molecule has 2 N–H and O–H groups in total. The van der Waals surface area contributed by atoms with Gasteiger partial charge in [0.25, 0.3) is 0 Å². The van der Waals surface area contributed by atoms with Crippen LogP contribution in [0.4, 0.5) is 0 Å². The second kappa shape index (κ2) is 7.08. The average Bonchev–Trinajstić information content (AvgIpc) is 2.14. The number of carboxylic acids is 1. The fourth-order valence-corrected chi connectivity index (χ4v) is 0.873. The molecule has 0 aliphatic heterocycles. The molecule has 0 atom stereocenters. The van der Waals surface area contributed by atoms with Gasteiger partial charge in [0, 0.05) is 25.7 Å². The highest BCUT2D eigenvalue weighted by atomic mass is 16.4. The topological polar surface area (TPSA) is 69.6 Å². The minimum atomic E-state index is -1.11. The summed E-state index contributed by atoms with van der Waals surface area (Å²) in [4.78, 5) is 22.8. The maximum Gasteiger partial charge on any atom is 0.328 e. The van der Waals surface area contributed by atoms with Crippen molar-refractivity contribution >= 4 is 11.9 Å². The first kappa shape index (κ1) is 12.6. The van der Waals surface area contributed by atoms with E-state index in [-0.39, 0.29) is 5.91 Å². The van der Waals surface area contributed by atoms with Crippen LogP contribution in [0.15, 0.2) is 12.2 Å². The van der Waals surface area contributed by atoms with Crippen molar-refractivity contribution in [2.75, 3.05) is 27.2 Å². The number of hydrogen-bond donors (Lipinski definition) is 2. The van der Waals surface area contributed by atoms with E-state index in [1.165, 1.54) is 4.90 Å². The Bertz CT molecular complexity index is 226. The summed E-state index contributed by atoms with van der Waals surface area (Å²) in [5.41, 5.74) is 0. The van der Waals surface area contributed by atoms with Gasteiger partial charge >= 0.3 is 5.97 Å². The lowest BCUT2D eigenvalue weighted by atomic mass is 10.3. The van der Waals surface area contributed by atoms with Gasteiger partial charge in [0.2, 0.25) is 5.91 Å². The number of carbonyl (C=O) groups excluding carboxylic acids is 1. The molecular formula is C9H16N2O3. The molecule has 0 saturated carbocycles. The molecule has 0 fully saturated rings. The summed E-state index contributed by atoms with van der Waals surface area (Å²) in [6.45, 7) is 1.45. The molecule has 0 spiro atoms. The lowest BCUT2D eigenvalue weighted by Gasteiger charge is -2.14. The monoisotopic (exact) mass is 200 g/mol. The number of hydrogen-bond acceptors (Lipinski definition) is 3. The number of likely N-dealkylation sites (N-methyl/N-ethyl adjacent to an activating group) is 1. The van der Waals surface area contributed by atoms with Crippen LogP contribution >= 0.6 is 0 Å². The van der Waals surface area contributed by atoms with Crippen molar-refractivity contribution < 1.29 is 14.7 Å². The predicted octanol–water partition coefficient (Wildman–Crippen LogP) is -0.305. The van der Waals surface area contributed by atoms with Crippen molar-refractivity contribution in [3.05, 3.63) is 12.2 Å². The smallest absolute Gasteiger partial charge is 0.328 e. The van der Waals surface area contributed by atoms with E-state index in [2.05, 4.69) is 5.32 Å². The first-order valence-corrected chi connectivity index (χ1v) is 4.38. The fraction of sp³-hybridized carbons (Fsp3) is 0.556. The van der Waals surface area contributed by atoms with Crippen LogP contribution in [0.3, 0.4) is 0 Å². The van der Waals surface area contributed by atoms with Crippen LogP contribution in [0.25, 0.3) is 0 Å². The third kappa shape index (κ3) is 6.19. The van der Waals surface area contributed by atoms with E-state index in [1.54, 1.807) is 7.05 Å². The minimum Gasteiger partial charge on any atom is -0.478 e. The van der Waals surface area contributed by atoms with Gasteiger partial charge in [-0.15, -0.1) is 0 Å². The molecule has 5 heteroatoms. The van der Waals surface area contributed by atoms with E-state index >= 15 is 0 Å². The van der Waals surface area contributed by atoms with Crippen LogP contribution in [0.5, 0.6) is 0 Å². The van der Waals surface area contributed by atoms with E-state index in [0.29, 0.717) is 6.54 Å². The van der Waals surface area contributed by atoms with Crippen molar-refractivity contribution in [3.63, 3.8) is 0 Å². The van der Waals surface area contributed by atoms with Gasteiger partial charge in [-0.05, 0) is 20.0 Å². The van der Waals surface area contributed by atoms with Crippen molar-refractivity contribution in [2.45, 2.75) is 6.42 Å². The second-order valence-corrected chi connectivity index (χ2v) is 2.89. The van der Waals surface area contributed by atoms with Crippen molar-refractivity contribution in [2.24, 2.45) is 0 Å². The lowest BCUT2D eigenvalue weighted by molar-refractivity contribution is -0.132. The average molecular weight is 200 g/mol. The van der Waals surface area contributed by atoms with Crippen LogP contribution < -0.4 is 5.32 Å². The summed E-state index contributed by atoms with van der Waals surface area (Å²) in [5.74, 6) is -1.40. The van der Waals surface area contributed by atoms with Crippen molar-refractivity contribution in [1.29, 1.82) is 0 Å². The highest BCUT2D eigenvalue weighted by Crippen LogP contribution is 1.89. The maximum atomic E-state index is 11.2. The maximum absolute atomic E-state index is 11.2. The third-order valence-electron chi connectivity index (χ3n) is 1.67. The predicted molar refractivity (Wildman–Crippen MR) is 53.0 cm³/mol. The molecular weight excluding hydrogens is 184 g/mol. The van der Waals surface area contributed by atoms with Crippen LogP contribution in [0, 0.1) is 0 Å². The molecule has 0 aliphatic carbocycles. The SMILES string of the molecule is CNCCCN(C)C(=O)/C=C/C(=O)O. The first-order chi connectivity index (χ1) is 6.57. The normalized spacial score (nSPS) is 10.4. The molecule has 0 saturated heterocycles. The summed E-state index contributed by atoms with van der Waals surface area (Å²) in [6.07, 6.45) is 2.75. The van der Waals surface area contributed by atoms with Gasteiger partial charge in [-0.3, -0.25) is 4.79 Å².